The predicted molar refractivity (Wildman–Crippen MR) is 118 cm³/mol. The number of halogens is 1. The summed E-state index contributed by atoms with van der Waals surface area (Å²) in [6.07, 6.45) is 1.72. The van der Waals surface area contributed by atoms with Crippen molar-refractivity contribution < 1.29 is 4.52 Å². The van der Waals surface area contributed by atoms with Crippen LogP contribution in [0.4, 0.5) is 5.82 Å². The molecule has 5 nitrogen and oxygen atoms in total. The van der Waals surface area contributed by atoms with Crippen molar-refractivity contribution in [3.8, 4) is 22.5 Å². The molecule has 0 radical (unpaired) electrons. The molecular formula is C22H19ClN4OS. The van der Waals surface area contributed by atoms with Gasteiger partial charge in [0.1, 0.15) is 5.82 Å². The number of aromatic nitrogens is 3. The van der Waals surface area contributed by atoms with Gasteiger partial charge in [-0.2, -0.15) is 4.98 Å². The zero-order valence-corrected chi connectivity index (χ0v) is 17.6. The van der Waals surface area contributed by atoms with Crippen molar-refractivity contribution in [2.24, 2.45) is 0 Å². The number of benzene rings is 2. The van der Waals surface area contributed by atoms with E-state index in [1.165, 1.54) is 5.56 Å². The summed E-state index contributed by atoms with van der Waals surface area (Å²) < 4.78 is 5.47. The fraction of sp³-hybridized carbons (Fsp3) is 0.136. The molecule has 0 aliphatic carbocycles. The van der Waals surface area contributed by atoms with Crippen LogP contribution in [0.5, 0.6) is 0 Å². The molecule has 0 aliphatic rings. The number of nitrogens with one attached hydrogen (secondary N) is 1. The Morgan fingerprint density at radius 3 is 2.69 bits per heavy atom. The molecule has 0 aliphatic heterocycles. The molecule has 7 heteroatoms. The van der Waals surface area contributed by atoms with Gasteiger partial charge < -0.3 is 9.84 Å². The molecule has 0 saturated carbocycles. The van der Waals surface area contributed by atoms with E-state index in [9.17, 15) is 0 Å². The van der Waals surface area contributed by atoms with Gasteiger partial charge in [0.25, 0.3) is 0 Å². The highest BCUT2D eigenvalue weighted by Crippen LogP contribution is 2.35. The second-order valence-corrected chi connectivity index (χ2v) is 7.91. The topological polar surface area (TPSA) is 63.8 Å². The summed E-state index contributed by atoms with van der Waals surface area (Å²) in [6.45, 7) is 2.09. The van der Waals surface area contributed by atoms with Crippen molar-refractivity contribution in [1.82, 2.24) is 15.1 Å². The molecule has 0 saturated heterocycles. The van der Waals surface area contributed by atoms with Crippen LogP contribution in [0.25, 0.3) is 22.5 Å². The summed E-state index contributed by atoms with van der Waals surface area (Å²) in [7, 11) is 1.82. The third kappa shape index (κ3) is 4.44. The normalized spacial score (nSPS) is 10.9. The summed E-state index contributed by atoms with van der Waals surface area (Å²) in [5.74, 6) is 2.39. The van der Waals surface area contributed by atoms with Crippen LogP contribution in [0, 0.1) is 6.92 Å². The van der Waals surface area contributed by atoms with Crippen LogP contribution in [0.3, 0.4) is 0 Å². The summed E-state index contributed by atoms with van der Waals surface area (Å²) >= 11 is 7.71. The summed E-state index contributed by atoms with van der Waals surface area (Å²) in [6, 6.07) is 18.1. The molecule has 2 heterocycles. The van der Waals surface area contributed by atoms with Crippen LogP contribution in [0.2, 0.25) is 5.02 Å². The quantitative estimate of drug-likeness (QED) is 0.379. The van der Waals surface area contributed by atoms with Crippen molar-refractivity contribution in [1.29, 1.82) is 0 Å². The average Bonchev–Trinajstić information content (AvgIpc) is 3.22. The van der Waals surface area contributed by atoms with Gasteiger partial charge in [0, 0.05) is 23.2 Å². The largest absolute Gasteiger partial charge is 0.373 e. The molecule has 146 valence electrons. The highest BCUT2D eigenvalue weighted by atomic mass is 35.5. The van der Waals surface area contributed by atoms with Gasteiger partial charge in [-0.25, -0.2) is 4.98 Å². The van der Waals surface area contributed by atoms with Crippen LogP contribution in [0.15, 0.2) is 70.2 Å². The first-order valence-corrected chi connectivity index (χ1v) is 10.5. The highest BCUT2D eigenvalue weighted by molar-refractivity contribution is 7.98. The van der Waals surface area contributed by atoms with E-state index < -0.39 is 0 Å². The molecule has 1 N–H and O–H groups in total. The Kier molecular flexibility index (Phi) is 5.83. The maximum atomic E-state index is 6.04. The minimum absolute atomic E-state index is 0.528. The Morgan fingerprint density at radius 1 is 1.07 bits per heavy atom. The van der Waals surface area contributed by atoms with Crippen molar-refractivity contribution in [3.63, 3.8) is 0 Å². The van der Waals surface area contributed by atoms with Crippen molar-refractivity contribution >= 4 is 29.2 Å². The third-order valence-corrected chi connectivity index (χ3v) is 5.71. The first-order chi connectivity index (χ1) is 14.1. The molecule has 0 atom stereocenters. The molecule has 0 amide bonds. The number of anilines is 1. The molecule has 29 heavy (non-hydrogen) atoms. The first-order valence-electron chi connectivity index (χ1n) is 9.09. The smallest absolute Gasteiger partial charge is 0.237 e. The SMILES string of the molecule is CNc1ncccc1-c1noc(CSc2ccc(C)cc2-c2ccc(Cl)cc2)n1. The number of aryl methyl sites for hydroxylation is 1. The van der Waals surface area contributed by atoms with Gasteiger partial charge in [0.05, 0.1) is 11.3 Å². The zero-order valence-electron chi connectivity index (χ0n) is 16.0. The number of pyridine rings is 1. The molecule has 0 unspecified atom stereocenters. The van der Waals surface area contributed by atoms with Gasteiger partial charge in [0.2, 0.25) is 11.7 Å². The summed E-state index contributed by atoms with van der Waals surface area (Å²) in [4.78, 5) is 9.98. The third-order valence-electron chi connectivity index (χ3n) is 4.39. The Morgan fingerprint density at radius 2 is 1.90 bits per heavy atom. The van der Waals surface area contributed by atoms with E-state index in [-0.39, 0.29) is 0 Å². The van der Waals surface area contributed by atoms with E-state index in [1.54, 1.807) is 18.0 Å². The summed E-state index contributed by atoms with van der Waals surface area (Å²) in [5.41, 5.74) is 4.31. The maximum Gasteiger partial charge on any atom is 0.237 e. The molecule has 0 fully saturated rings. The number of thioether (sulfide) groups is 1. The first kappa shape index (κ1) is 19.5. The van der Waals surface area contributed by atoms with Crippen LogP contribution in [-0.4, -0.2) is 22.2 Å². The molecule has 0 bridgehead atoms. The Labute approximate surface area is 178 Å². The molecular weight excluding hydrogens is 404 g/mol. The van der Waals surface area contributed by atoms with Gasteiger partial charge in [-0.3, -0.25) is 0 Å². The van der Waals surface area contributed by atoms with Crippen molar-refractivity contribution in [2.45, 2.75) is 17.6 Å². The fourth-order valence-corrected chi connectivity index (χ4v) is 3.99. The number of rotatable bonds is 6. The number of hydrogen-bond donors (Lipinski definition) is 1. The molecule has 0 spiro atoms. The zero-order chi connectivity index (χ0) is 20.2. The van der Waals surface area contributed by atoms with Crippen molar-refractivity contribution in [2.75, 3.05) is 12.4 Å². The minimum Gasteiger partial charge on any atom is -0.373 e. The van der Waals surface area contributed by atoms with Gasteiger partial charge in [-0.05, 0) is 48.4 Å². The maximum absolute atomic E-state index is 6.04. The number of hydrogen-bond acceptors (Lipinski definition) is 6. The van der Waals surface area contributed by atoms with Gasteiger partial charge in [0.15, 0.2) is 0 Å². The lowest BCUT2D eigenvalue weighted by Crippen LogP contribution is -1.95. The van der Waals surface area contributed by atoms with Gasteiger partial charge >= 0.3 is 0 Å². The van der Waals surface area contributed by atoms with E-state index in [0.29, 0.717) is 17.5 Å². The van der Waals surface area contributed by atoms with Crippen LogP contribution in [-0.2, 0) is 5.75 Å². The Hall–Kier alpha value is -2.83. The van der Waals surface area contributed by atoms with Gasteiger partial charge in [-0.1, -0.05) is 46.6 Å². The monoisotopic (exact) mass is 422 g/mol. The van der Waals surface area contributed by atoms with Crippen LogP contribution >= 0.6 is 23.4 Å². The lowest BCUT2D eigenvalue weighted by molar-refractivity contribution is 0.391. The molecule has 2 aromatic heterocycles. The second kappa shape index (κ2) is 8.68. The predicted octanol–water partition coefficient (Wildman–Crippen LogP) is 6.09. The Balaban J connectivity index is 1.56. The lowest BCUT2D eigenvalue weighted by atomic mass is 10.0. The minimum atomic E-state index is 0.528. The molecule has 4 rings (SSSR count). The Bertz CT molecular complexity index is 1130. The second-order valence-electron chi connectivity index (χ2n) is 6.46. The van der Waals surface area contributed by atoms with E-state index in [2.05, 4.69) is 45.6 Å². The molecule has 4 aromatic rings. The van der Waals surface area contributed by atoms with E-state index in [4.69, 9.17) is 16.1 Å². The van der Waals surface area contributed by atoms with Crippen LogP contribution < -0.4 is 5.32 Å². The summed E-state index contributed by atoms with van der Waals surface area (Å²) in [5, 5.41) is 7.89. The lowest BCUT2D eigenvalue weighted by Gasteiger charge is -2.10. The standard InChI is InChI=1S/C22H19ClN4OS/c1-14-5-10-19(18(12-14)15-6-8-16(23)9-7-15)29-13-20-26-22(27-28-20)17-4-3-11-25-21(17)24-2/h3-12H,13H2,1-2H3,(H,24,25). The fourth-order valence-electron chi connectivity index (χ4n) is 2.97. The van der Waals surface area contributed by atoms with Gasteiger partial charge in [-0.15, -0.1) is 11.8 Å². The van der Waals surface area contributed by atoms with Crippen molar-refractivity contribution in [3.05, 3.63) is 77.3 Å². The average molecular weight is 423 g/mol. The van der Waals surface area contributed by atoms with Crippen LogP contribution in [0.1, 0.15) is 11.5 Å². The van der Waals surface area contributed by atoms with E-state index >= 15 is 0 Å². The van der Waals surface area contributed by atoms with E-state index in [0.717, 1.165) is 32.4 Å². The molecule has 2 aromatic carbocycles. The highest BCUT2D eigenvalue weighted by Gasteiger charge is 2.14. The number of nitrogens with zero attached hydrogens (tertiary/aromatic N) is 3. The van der Waals surface area contributed by atoms with E-state index in [1.807, 2.05) is 43.4 Å².